The van der Waals surface area contributed by atoms with E-state index in [-0.39, 0.29) is 5.57 Å². The first-order chi connectivity index (χ1) is 13.6. The molecule has 28 heavy (non-hydrogen) atoms. The summed E-state index contributed by atoms with van der Waals surface area (Å²) >= 11 is 3.42. The topological polar surface area (TPSA) is 78.0 Å². The van der Waals surface area contributed by atoms with Crippen molar-refractivity contribution in [1.29, 1.82) is 0 Å². The molecular weight excluding hydrogens is 418 g/mol. The van der Waals surface area contributed by atoms with Crippen LogP contribution in [0.3, 0.4) is 0 Å². The maximum Gasteiger partial charge on any atom is 0.336 e. The van der Waals surface area contributed by atoms with E-state index in [0.29, 0.717) is 17.0 Å². The minimum Gasteiger partial charge on any atom is -0.478 e. The first kappa shape index (κ1) is 18.0. The summed E-state index contributed by atoms with van der Waals surface area (Å²) in [7, 11) is 0. The number of halogens is 1. The van der Waals surface area contributed by atoms with Crippen LogP contribution in [0.5, 0.6) is 0 Å². The summed E-state index contributed by atoms with van der Waals surface area (Å²) in [4.78, 5) is 19.4. The van der Waals surface area contributed by atoms with Crippen LogP contribution in [0.25, 0.3) is 22.7 Å². The Kier molecular flexibility index (Phi) is 4.95. The molecule has 0 fully saturated rings. The molecule has 3 N–H and O–H groups in total. The van der Waals surface area contributed by atoms with E-state index in [1.807, 2.05) is 54.6 Å². The summed E-state index contributed by atoms with van der Waals surface area (Å²) in [5, 5.41) is 13.7. The van der Waals surface area contributed by atoms with E-state index in [1.165, 1.54) is 0 Å². The van der Waals surface area contributed by atoms with Crippen LogP contribution in [0.1, 0.15) is 11.1 Å². The Balaban J connectivity index is 1.67. The van der Waals surface area contributed by atoms with Crippen LogP contribution in [0, 0.1) is 0 Å². The third-order valence-electron chi connectivity index (χ3n) is 4.30. The van der Waals surface area contributed by atoms with Gasteiger partial charge in [-0.3, -0.25) is 0 Å². The van der Waals surface area contributed by atoms with Crippen molar-refractivity contribution in [3.05, 3.63) is 88.5 Å². The number of anilines is 2. The number of aromatic amines is 1. The molecule has 0 radical (unpaired) electrons. The number of carboxylic acid groups (broad SMARTS) is 1. The largest absolute Gasteiger partial charge is 0.478 e. The van der Waals surface area contributed by atoms with Gasteiger partial charge in [-0.05, 0) is 48.0 Å². The molecule has 4 aromatic rings. The Morgan fingerprint density at radius 1 is 1.04 bits per heavy atom. The lowest BCUT2D eigenvalue weighted by molar-refractivity contribution is -0.130. The second-order valence-corrected chi connectivity index (χ2v) is 7.11. The highest BCUT2D eigenvalue weighted by atomic mass is 79.9. The number of H-pyrrole nitrogens is 1. The number of carboxylic acids is 1. The molecule has 0 saturated heterocycles. The molecule has 2 heterocycles. The SMILES string of the molecule is O=C(O)C(=Cc1c[nH]c2nc(Nc3ccc(Br)cc3)ccc12)c1ccccc1. The second-order valence-electron chi connectivity index (χ2n) is 6.20. The van der Waals surface area contributed by atoms with Gasteiger partial charge in [-0.2, -0.15) is 0 Å². The highest BCUT2D eigenvalue weighted by Crippen LogP contribution is 2.26. The highest BCUT2D eigenvalue weighted by molar-refractivity contribution is 9.10. The minimum absolute atomic E-state index is 0.235. The van der Waals surface area contributed by atoms with Crippen LogP contribution in [0.2, 0.25) is 0 Å². The summed E-state index contributed by atoms with van der Waals surface area (Å²) in [6, 6.07) is 20.7. The summed E-state index contributed by atoms with van der Waals surface area (Å²) in [6.07, 6.45) is 3.44. The summed E-state index contributed by atoms with van der Waals surface area (Å²) in [5.74, 6) is -0.268. The number of nitrogens with one attached hydrogen (secondary N) is 2. The van der Waals surface area contributed by atoms with Crippen molar-refractivity contribution in [2.24, 2.45) is 0 Å². The standard InChI is InChI=1S/C22H16BrN3O2/c23-16-6-8-17(9-7-16)25-20-11-10-18-15(13-24-21(18)26-20)12-19(22(27)28)14-4-2-1-3-5-14/h1-13H,(H,27,28)(H2,24,25,26). The predicted molar refractivity (Wildman–Crippen MR) is 115 cm³/mol. The van der Waals surface area contributed by atoms with E-state index in [2.05, 4.69) is 31.2 Å². The van der Waals surface area contributed by atoms with Gasteiger partial charge < -0.3 is 15.4 Å². The van der Waals surface area contributed by atoms with Crippen LogP contribution in [0.4, 0.5) is 11.5 Å². The molecule has 4 rings (SSSR count). The predicted octanol–water partition coefficient (Wildman–Crippen LogP) is 5.69. The van der Waals surface area contributed by atoms with Gasteiger partial charge in [0.2, 0.25) is 0 Å². The molecular formula is C22H16BrN3O2. The lowest BCUT2D eigenvalue weighted by Gasteiger charge is -2.06. The van der Waals surface area contributed by atoms with Crippen molar-refractivity contribution in [1.82, 2.24) is 9.97 Å². The molecule has 0 spiro atoms. The number of nitrogens with zero attached hydrogens (tertiary/aromatic N) is 1. The average Bonchev–Trinajstić information content (AvgIpc) is 3.10. The van der Waals surface area contributed by atoms with Gasteiger partial charge in [0.15, 0.2) is 0 Å². The Morgan fingerprint density at radius 2 is 1.79 bits per heavy atom. The number of benzene rings is 2. The molecule has 6 heteroatoms. The summed E-state index contributed by atoms with van der Waals surface area (Å²) < 4.78 is 1.01. The summed E-state index contributed by atoms with van der Waals surface area (Å²) in [5.41, 5.74) is 3.29. The number of aliphatic carboxylic acids is 1. The Bertz CT molecular complexity index is 1170. The van der Waals surface area contributed by atoms with E-state index in [9.17, 15) is 9.90 Å². The third kappa shape index (κ3) is 3.82. The zero-order valence-electron chi connectivity index (χ0n) is 14.7. The zero-order valence-corrected chi connectivity index (χ0v) is 16.3. The van der Waals surface area contributed by atoms with Gasteiger partial charge >= 0.3 is 5.97 Å². The normalized spacial score (nSPS) is 11.5. The van der Waals surface area contributed by atoms with E-state index < -0.39 is 5.97 Å². The van der Waals surface area contributed by atoms with Gasteiger partial charge in [-0.1, -0.05) is 46.3 Å². The molecule has 0 atom stereocenters. The van der Waals surface area contributed by atoms with Gasteiger partial charge in [-0.25, -0.2) is 9.78 Å². The molecule has 0 aliphatic carbocycles. The quantitative estimate of drug-likeness (QED) is 0.353. The molecule has 0 bridgehead atoms. The maximum absolute atomic E-state index is 11.7. The maximum atomic E-state index is 11.7. The van der Waals surface area contributed by atoms with E-state index in [1.54, 1.807) is 24.4 Å². The van der Waals surface area contributed by atoms with Gasteiger partial charge in [0, 0.05) is 27.3 Å². The van der Waals surface area contributed by atoms with Crippen molar-refractivity contribution >= 4 is 56.1 Å². The lowest BCUT2D eigenvalue weighted by Crippen LogP contribution is -1.99. The molecule has 0 aliphatic rings. The molecule has 2 aromatic heterocycles. The van der Waals surface area contributed by atoms with Crippen LogP contribution >= 0.6 is 15.9 Å². The fourth-order valence-corrected chi connectivity index (χ4v) is 3.20. The number of pyridine rings is 1. The Labute approximate surface area is 169 Å². The van der Waals surface area contributed by atoms with Crippen molar-refractivity contribution in [3.8, 4) is 0 Å². The monoisotopic (exact) mass is 433 g/mol. The van der Waals surface area contributed by atoms with E-state index >= 15 is 0 Å². The Hall–Kier alpha value is -3.38. The van der Waals surface area contributed by atoms with Crippen LogP contribution in [0.15, 0.2) is 77.4 Å². The first-order valence-electron chi connectivity index (χ1n) is 8.61. The third-order valence-corrected chi connectivity index (χ3v) is 4.83. The molecule has 0 amide bonds. The molecule has 0 saturated carbocycles. The number of hydrogen-bond donors (Lipinski definition) is 3. The van der Waals surface area contributed by atoms with Gasteiger partial charge in [-0.15, -0.1) is 0 Å². The minimum atomic E-state index is -0.970. The molecule has 5 nitrogen and oxygen atoms in total. The number of hydrogen-bond acceptors (Lipinski definition) is 3. The van der Waals surface area contributed by atoms with Gasteiger partial charge in [0.05, 0.1) is 5.57 Å². The van der Waals surface area contributed by atoms with Gasteiger partial charge in [0.25, 0.3) is 0 Å². The zero-order chi connectivity index (χ0) is 19.5. The number of aromatic nitrogens is 2. The number of fused-ring (bicyclic) bond motifs is 1. The molecule has 2 aromatic carbocycles. The molecule has 138 valence electrons. The van der Waals surface area contributed by atoms with E-state index in [0.717, 1.165) is 21.1 Å². The van der Waals surface area contributed by atoms with Gasteiger partial charge in [0.1, 0.15) is 11.5 Å². The van der Waals surface area contributed by atoms with Crippen LogP contribution in [-0.2, 0) is 4.79 Å². The molecule has 0 aliphatic heterocycles. The number of rotatable bonds is 5. The van der Waals surface area contributed by atoms with Crippen LogP contribution < -0.4 is 5.32 Å². The van der Waals surface area contributed by atoms with Crippen molar-refractivity contribution in [3.63, 3.8) is 0 Å². The van der Waals surface area contributed by atoms with Crippen molar-refractivity contribution < 1.29 is 9.90 Å². The fourth-order valence-electron chi connectivity index (χ4n) is 2.94. The Morgan fingerprint density at radius 3 is 2.50 bits per heavy atom. The van der Waals surface area contributed by atoms with Crippen molar-refractivity contribution in [2.45, 2.75) is 0 Å². The highest BCUT2D eigenvalue weighted by Gasteiger charge is 2.12. The average molecular weight is 434 g/mol. The van der Waals surface area contributed by atoms with E-state index in [4.69, 9.17) is 0 Å². The van der Waals surface area contributed by atoms with Crippen molar-refractivity contribution in [2.75, 3.05) is 5.32 Å². The summed E-state index contributed by atoms with van der Waals surface area (Å²) in [6.45, 7) is 0. The fraction of sp³-hybridized carbons (Fsp3) is 0. The lowest BCUT2D eigenvalue weighted by atomic mass is 10.0. The first-order valence-corrected chi connectivity index (χ1v) is 9.40. The second kappa shape index (κ2) is 7.70. The molecule has 0 unspecified atom stereocenters. The number of carbonyl (C=O) groups is 1. The van der Waals surface area contributed by atoms with Crippen LogP contribution in [-0.4, -0.2) is 21.0 Å². The smallest absolute Gasteiger partial charge is 0.336 e.